The summed E-state index contributed by atoms with van der Waals surface area (Å²) in [5.74, 6) is -4.29. The number of halogens is 4. The summed E-state index contributed by atoms with van der Waals surface area (Å²) in [5, 5.41) is 6.22. The molecule has 3 aromatic rings. The van der Waals surface area contributed by atoms with E-state index in [9.17, 15) is 27.2 Å². The van der Waals surface area contributed by atoms with E-state index in [-0.39, 0.29) is 46.8 Å². The number of carbonyl (C=O) groups is 2. The van der Waals surface area contributed by atoms with Crippen LogP contribution in [0.25, 0.3) is 12.2 Å². The van der Waals surface area contributed by atoms with Crippen LogP contribution in [-0.2, 0) is 4.79 Å². The fraction of sp³-hybridized carbons (Fsp3) is 0.273. The van der Waals surface area contributed by atoms with Crippen LogP contribution in [0.1, 0.15) is 54.1 Å². The topological polar surface area (TPSA) is 67.4 Å². The zero-order valence-corrected chi connectivity index (χ0v) is 23.2. The van der Waals surface area contributed by atoms with Crippen LogP contribution in [0.4, 0.5) is 17.6 Å². The molecular weight excluding hydrogens is 548 g/mol. The number of nitrogens with one attached hydrogen (secondary N) is 2. The van der Waals surface area contributed by atoms with Gasteiger partial charge in [0.25, 0.3) is 5.91 Å². The Morgan fingerprint density at radius 2 is 1.40 bits per heavy atom. The highest BCUT2D eigenvalue weighted by Crippen LogP contribution is 2.29. The van der Waals surface area contributed by atoms with E-state index < -0.39 is 29.3 Å². The monoisotopic (exact) mass is 580 g/mol. The highest BCUT2D eigenvalue weighted by Gasteiger charge is 2.29. The van der Waals surface area contributed by atoms with Crippen LogP contribution >= 0.6 is 0 Å². The van der Waals surface area contributed by atoms with Crippen molar-refractivity contribution in [2.75, 3.05) is 19.7 Å². The van der Waals surface area contributed by atoms with Crippen molar-refractivity contribution in [3.63, 3.8) is 0 Å². The van der Waals surface area contributed by atoms with Crippen LogP contribution in [0, 0.1) is 23.3 Å². The van der Waals surface area contributed by atoms with E-state index in [0.29, 0.717) is 24.5 Å². The van der Waals surface area contributed by atoms with E-state index >= 15 is 0 Å². The number of benzene rings is 3. The maximum Gasteiger partial charge on any atom is 0.251 e. The first-order valence-electron chi connectivity index (χ1n) is 13.8. The van der Waals surface area contributed by atoms with Crippen molar-refractivity contribution < 1.29 is 31.9 Å². The number of rotatable bonds is 11. The summed E-state index contributed by atoms with van der Waals surface area (Å²) in [6.45, 7) is 4.26. The number of Topliss-reactive ketones (excluding diaryl/α,β-unsaturated/α-hetero) is 1. The fourth-order valence-electron chi connectivity index (χ4n) is 4.59. The third-order valence-electron chi connectivity index (χ3n) is 6.79. The van der Waals surface area contributed by atoms with Crippen LogP contribution in [0.5, 0.6) is 5.75 Å². The SMILES string of the molecule is CCCCNCCOc1ccc(C(=O)NC2C/C(=C\c3ccc(F)c(F)c3)C(=O)/C(=C/c3ccc(F)c(F)c3)C2)cc1. The molecule has 0 heterocycles. The minimum Gasteiger partial charge on any atom is -0.492 e. The first-order valence-corrected chi connectivity index (χ1v) is 13.8. The predicted molar refractivity (Wildman–Crippen MR) is 154 cm³/mol. The maximum atomic E-state index is 13.8. The van der Waals surface area contributed by atoms with E-state index in [1.807, 2.05) is 0 Å². The van der Waals surface area contributed by atoms with Gasteiger partial charge in [0.15, 0.2) is 29.1 Å². The van der Waals surface area contributed by atoms with Crippen LogP contribution in [0.15, 0.2) is 71.8 Å². The Bertz CT molecular complexity index is 1410. The van der Waals surface area contributed by atoms with Gasteiger partial charge in [-0.15, -0.1) is 0 Å². The van der Waals surface area contributed by atoms with Gasteiger partial charge in [-0.25, -0.2) is 17.6 Å². The lowest BCUT2D eigenvalue weighted by atomic mass is 9.83. The van der Waals surface area contributed by atoms with Gasteiger partial charge in [-0.2, -0.15) is 0 Å². The molecule has 4 rings (SSSR count). The first-order chi connectivity index (χ1) is 20.2. The predicted octanol–water partition coefficient (Wildman–Crippen LogP) is 6.64. The molecule has 1 aliphatic rings. The molecule has 0 unspecified atom stereocenters. The summed E-state index contributed by atoms with van der Waals surface area (Å²) in [6.07, 6.45) is 5.35. The molecule has 42 heavy (non-hydrogen) atoms. The minimum atomic E-state index is -1.06. The first kappa shape index (κ1) is 30.7. The third-order valence-corrected chi connectivity index (χ3v) is 6.79. The highest BCUT2D eigenvalue weighted by atomic mass is 19.2. The van der Waals surface area contributed by atoms with Gasteiger partial charge in [0, 0.05) is 29.3 Å². The molecule has 2 N–H and O–H groups in total. The molecule has 1 saturated carbocycles. The Labute approximate surface area is 242 Å². The molecule has 9 heteroatoms. The molecular formula is C33H32F4N2O3. The Balaban J connectivity index is 1.50. The number of amides is 1. The molecule has 0 radical (unpaired) electrons. The number of ether oxygens (including phenoxy) is 1. The van der Waals surface area contributed by atoms with Gasteiger partial charge in [-0.3, -0.25) is 9.59 Å². The van der Waals surface area contributed by atoms with Crippen molar-refractivity contribution in [2.24, 2.45) is 0 Å². The van der Waals surface area contributed by atoms with Gasteiger partial charge >= 0.3 is 0 Å². The van der Waals surface area contributed by atoms with Crippen molar-refractivity contribution in [2.45, 2.75) is 38.6 Å². The second-order valence-corrected chi connectivity index (χ2v) is 10.1. The molecule has 0 bridgehead atoms. The van der Waals surface area contributed by atoms with Gasteiger partial charge in [-0.1, -0.05) is 25.5 Å². The number of hydrogen-bond donors (Lipinski definition) is 2. The number of carbonyl (C=O) groups excluding carboxylic acids is 2. The summed E-state index contributed by atoms with van der Waals surface area (Å²) in [5.41, 5.74) is 1.43. The van der Waals surface area contributed by atoms with Crippen molar-refractivity contribution in [1.29, 1.82) is 0 Å². The molecule has 0 aliphatic heterocycles. The van der Waals surface area contributed by atoms with Gasteiger partial charge in [-0.05, 0) is 97.6 Å². The van der Waals surface area contributed by atoms with E-state index in [1.165, 1.54) is 24.3 Å². The molecule has 1 aliphatic carbocycles. The third kappa shape index (κ3) is 8.39. The quantitative estimate of drug-likeness (QED) is 0.152. The lowest BCUT2D eigenvalue weighted by Gasteiger charge is -2.27. The molecule has 0 atom stereocenters. The number of hydrogen-bond acceptors (Lipinski definition) is 4. The normalized spacial score (nSPS) is 17.1. The summed E-state index contributed by atoms with van der Waals surface area (Å²) in [4.78, 5) is 26.4. The Morgan fingerprint density at radius 3 is 1.93 bits per heavy atom. The summed E-state index contributed by atoms with van der Waals surface area (Å²) in [6, 6.07) is 12.7. The molecule has 5 nitrogen and oxygen atoms in total. The number of unbranched alkanes of at least 4 members (excludes halogenated alkanes) is 1. The molecule has 0 saturated heterocycles. The average molecular weight is 581 g/mol. The molecule has 3 aromatic carbocycles. The molecule has 1 amide bonds. The zero-order chi connectivity index (χ0) is 30.1. The van der Waals surface area contributed by atoms with Crippen LogP contribution in [0.3, 0.4) is 0 Å². The average Bonchev–Trinajstić information content (AvgIpc) is 2.97. The summed E-state index contributed by atoms with van der Waals surface area (Å²) in [7, 11) is 0. The maximum absolute atomic E-state index is 13.8. The zero-order valence-electron chi connectivity index (χ0n) is 23.2. The molecule has 220 valence electrons. The Morgan fingerprint density at radius 1 is 0.833 bits per heavy atom. The van der Waals surface area contributed by atoms with Crippen molar-refractivity contribution in [3.05, 3.63) is 112 Å². The second-order valence-electron chi connectivity index (χ2n) is 10.1. The molecule has 0 aromatic heterocycles. The number of ketones is 1. The lowest BCUT2D eigenvalue weighted by Crippen LogP contribution is -2.39. The highest BCUT2D eigenvalue weighted by molar-refractivity contribution is 6.14. The summed E-state index contributed by atoms with van der Waals surface area (Å²) >= 11 is 0. The Hall–Kier alpha value is -4.24. The summed E-state index contributed by atoms with van der Waals surface area (Å²) < 4.78 is 60.2. The van der Waals surface area contributed by atoms with Gasteiger partial charge in [0.05, 0.1) is 0 Å². The van der Waals surface area contributed by atoms with Crippen LogP contribution in [-0.4, -0.2) is 37.4 Å². The second kappa shape index (κ2) is 14.6. The largest absolute Gasteiger partial charge is 0.492 e. The molecule has 1 fully saturated rings. The van der Waals surface area contributed by atoms with Gasteiger partial charge in [0.1, 0.15) is 12.4 Å². The lowest BCUT2D eigenvalue weighted by molar-refractivity contribution is -0.113. The smallest absolute Gasteiger partial charge is 0.251 e. The molecule has 0 spiro atoms. The van der Waals surface area contributed by atoms with E-state index in [0.717, 1.165) is 43.7 Å². The van der Waals surface area contributed by atoms with E-state index in [2.05, 4.69) is 17.6 Å². The fourth-order valence-corrected chi connectivity index (χ4v) is 4.59. The standard InChI is InChI=1S/C33H32F4N2O3/c1-2-3-12-38-13-14-42-27-8-6-23(7-9-27)33(41)39-26-19-24(15-21-4-10-28(34)30(36)17-21)32(40)25(20-26)16-22-5-11-29(35)31(37)18-22/h4-11,15-18,26,38H,2-3,12-14,19-20H2,1H3,(H,39,41)/b24-15+,25-16+. The van der Waals surface area contributed by atoms with Crippen molar-refractivity contribution in [1.82, 2.24) is 10.6 Å². The minimum absolute atomic E-state index is 0.130. The van der Waals surface area contributed by atoms with Gasteiger partial charge < -0.3 is 15.4 Å². The van der Waals surface area contributed by atoms with Crippen LogP contribution < -0.4 is 15.4 Å². The Kier molecular flexibility index (Phi) is 10.7. The van der Waals surface area contributed by atoms with E-state index in [1.54, 1.807) is 24.3 Å². The van der Waals surface area contributed by atoms with Crippen molar-refractivity contribution >= 4 is 23.8 Å². The van der Waals surface area contributed by atoms with Crippen LogP contribution in [0.2, 0.25) is 0 Å². The van der Waals surface area contributed by atoms with Gasteiger partial charge in [0.2, 0.25) is 0 Å². The van der Waals surface area contributed by atoms with E-state index in [4.69, 9.17) is 4.74 Å². The van der Waals surface area contributed by atoms with Crippen molar-refractivity contribution in [3.8, 4) is 5.75 Å².